The molecule has 1 rings (SSSR count). The van der Waals surface area contributed by atoms with Gasteiger partial charge in [-0.15, -0.1) is 0 Å². The summed E-state index contributed by atoms with van der Waals surface area (Å²) in [4.78, 5) is 37.5. The van der Waals surface area contributed by atoms with Gasteiger partial charge in [0.1, 0.15) is 6.26 Å². The molecule has 1 heterocycles. The van der Waals surface area contributed by atoms with Crippen LogP contribution in [0, 0.1) is 12.3 Å². The number of carbonyl (C=O) groups excluding carboxylic acids is 2. The van der Waals surface area contributed by atoms with E-state index in [0.29, 0.717) is 5.69 Å². The van der Waals surface area contributed by atoms with E-state index in [2.05, 4.69) is 10.3 Å². The second-order valence-corrected chi connectivity index (χ2v) is 4.66. The van der Waals surface area contributed by atoms with Gasteiger partial charge >= 0.3 is 18.0 Å². The first-order valence-corrected chi connectivity index (χ1v) is 5.47. The molecule has 0 bridgehead atoms. The number of hydrogen-bond donors (Lipinski definition) is 3. The number of oxazole rings is 1. The Balaban J connectivity index is 2.49. The molecule has 3 amide bonds. The highest BCUT2D eigenvalue weighted by molar-refractivity contribution is 6.01. The Bertz CT molecular complexity index is 506. The summed E-state index contributed by atoms with van der Waals surface area (Å²) in [5, 5.41) is 13.1. The van der Waals surface area contributed by atoms with E-state index in [1.807, 2.05) is 5.32 Å². The lowest BCUT2D eigenvalue weighted by Gasteiger charge is -2.17. The van der Waals surface area contributed by atoms with Crippen LogP contribution in [0.15, 0.2) is 10.7 Å². The monoisotopic (exact) mass is 269 g/mol. The van der Waals surface area contributed by atoms with E-state index in [-0.39, 0.29) is 12.4 Å². The van der Waals surface area contributed by atoms with Crippen LogP contribution < -0.4 is 10.6 Å². The van der Waals surface area contributed by atoms with Gasteiger partial charge in [0.2, 0.25) is 5.91 Å². The number of carboxylic acid groups (broad SMARTS) is 1. The van der Waals surface area contributed by atoms with Gasteiger partial charge in [0.05, 0.1) is 11.1 Å². The Morgan fingerprint density at radius 1 is 1.42 bits per heavy atom. The third-order valence-corrected chi connectivity index (χ3v) is 2.27. The molecule has 3 N–H and O–H groups in total. The number of nitrogens with one attached hydrogen (secondary N) is 2. The molecule has 0 spiro atoms. The second kappa shape index (κ2) is 5.51. The maximum atomic E-state index is 11.5. The molecule has 8 nitrogen and oxygen atoms in total. The van der Waals surface area contributed by atoms with Gasteiger partial charge < -0.3 is 9.52 Å². The van der Waals surface area contributed by atoms with Crippen molar-refractivity contribution in [2.75, 3.05) is 5.32 Å². The van der Waals surface area contributed by atoms with Gasteiger partial charge in [-0.25, -0.2) is 4.79 Å². The van der Waals surface area contributed by atoms with Crippen LogP contribution in [0.2, 0.25) is 0 Å². The highest BCUT2D eigenvalue weighted by Gasteiger charge is 2.30. The number of hydrogen-bond acceptors (Lipinski definition) is 5. The summed E-state index contributed by atoms with van der Waals surface area (Å²) in [7, 11) is 0. The van der Waals surface area contributed by atoms with Crippen LogP contribution in [0.3, 0.4) is 0 Å². The van der Waals surface area contributed by atoms with Gasteiger partial charge in [0.15, 0.2) is 0 Å². The zero-order chi connectivity index (χ0) is 14.6. The van der Waals surface area contributed by atoms with Crippen molar-refractivity contribution in [1.82, 2.24) is 10.3 Å². The summed E-state index contributed by atoms with van der Waals surface area (Å²) in [6, 6.07) is -0.867. The predicted octanol–water partition coefficient (Wildman–Crippen LogP) is 1.13. The SMILES string of the molecule is Cc1coc(NC(=O)NC(=O)CC(C)(C)C(=O)O)n1. The van der Waals surface area contributed by atoms with Gasteiger partial charge in [-0.05, 0) is 20.8 Å². The summed E-state index contributed by atoms with van der Waals surface area (Å²) in [5.41, 5.74) is -0.669. The number of imide groups is 1. The third kappa shape index (κ3) is 4.41. The molecule has 0 aliphatic heterocycles. The topological polar surface area (TPSA) is 122 Å². The summed E-state index contributed by atoms with van der Waals surface area (Å²) < 4.78 is 4.87. The fourth-order valence-electron chi connectivity index (χ4n) is 1.19. The molecule has 1 aromatic heterocycles. The molecular formula is C11H15N3O5. The van der Waals surface area contributed by atoms with E-state index in [4.69, 9.17) is 9.52 Å². The van der Waals surface area contributed by atoms with Crippen LogP contribution in [0.25, 0.3) is 0 Å². The first-order valence-electron chi connectivity index (χ1n) is 5.47. The van der Waals surface area contributed by atoms with E-state index in [1.165, 1.54) is 20.1 Å². The van der Waals surface area contributed by atoms with Gasteiger partial charge in [0.25, 0.3) is 0 Å². The number of aromatic nitrogens is 1. The molecule has 0 radical (unpaired) electrons. The Labute approximate surface area is 109 Å². The number of anilines is 1. The fourth-order valence-corrected chi connectivity index (χ4v) is 1.19. The Morgan fingerprint density at radius 2 is 2.05 bits per heavy atom. The number of rotatable bonds is 4. The predicted molar refractivity (Wildman–Crippen MR) is 64.4 cm³/mol. The maximum Gasteiger partial charge on any atom is 0.329 e. The largest absolute Gasteiger partial charge is 0.481 e. The first kappa shape index (κ1) is 14.7. The average Bonchev–Trinajstić information content (AvgIpc) is 2.61. The van der Waals surface area contributed by atoms with Crippen LogP contribution >= 0.6 is 0 Å². The van der Waals surface area contributed by atoms with Crippen LogP contribution in [-0.2, 0) is 9.59 Å². The average molecular weight is 269 g/mol. The molecule has 1 aromatic rings. The van der Waals surface area contributed by atoms with Crippen LogP contribution in [0.5, 0.6) is 0 Å². The van der Waals surface area contributed by atoms with Crippen molar-refractivity contribution in [3.05, 3.63) is 12.0 Å². The lowest BCUT2D eigenvalue weighted by Crippen LogP contribution is -2.38. The molecule has 19 heavy (non-hydrogen) atoms. The minimum atomic E-state index is -1.25. The number of carboxylic acids is 1. The van der Waals surface area contributed by atoms with Crippen molar-refractivity contribution in [3.8, 4) is 0 Å². The summed E-state index contributed by atoms with van der Waals surface area (Å²) in [6.07, 6.45) is 1.02. The van der Waals surface area contributed by atoms with Gasteiger partial charge in [0, 0.05) is 6.42 Å². The van der Waals surface area contributed by atoms with Crippen molar-refractivity contribution < 1.29 is 23.9 Å². The van der Waals surface area contributed by atoms with Crippen LogP contribution in [-0.4, -0.2) is 28.0 Å². The van der Waals surface area contributed by atoms with E-state index in [9.17, 15) is 14.4 Å². The molecule has 0 unspecified atom stereocenters. The molecule has 0 aliphatic carbocycles. The number of amides is 3. The van der Waals surface area contributed by atoms with E-state index >= 15 is 0 Å². The molecule has 0 atom stereocenters. The summed E-state index contributed by atoms with van der Waals surface area (Å²) in [5.74, 6) is -1.82. The molecule has 0 aromatic carbocycles. The van der Waals surface area contributed by atoms with Crippen molar-refractivity contribution in [2.45, 2.75) is 27.2 Å². The number of aryl methyl sites for hydroxylation is 1. The quantitative estimate of drug-likeness (QED) is 0.753. The zero-order valence-corrected chi connectivity index (χ0v) is 10.8. The van der Waals surface area contributed by atoms with Gasteiger partial charge in [-0.2, -0.15) is 4.98 Å². The normalized spacial score (nSPS) is 10.9. The molecule has 0 fully saturated rings. The highest BCUT2D eigenvalue weighted by atomic mass is 16.4. The highest BCUT2D eigenvalue weighted by Crippen LogP contribution is 2.19. The van der Waals surface area contributed by atoms with Crippen molar-refractivity contribution >= 4 is 23.9 Å². The third-order valence-electron chi connectivity index (χ3n) is 2.27. The van der Waals surface area contributed by atoms with Gasteiger partial charge in [-0.1, -0.05) is 0 Å². The smallest absolute Gasteiger partial charge is 0.329 e. The zero-order valence-electron chi connectivity index (χ0n) is 10.8. The number of urea groups is 1. The maximum absolute atomic E-state index is 11.5. The Morgan fingerprint density at radius 3 is 2.53 bits per heavy atom. The molecular weight excluding hydrogens is 254 g/mol. The summed E-state index contributed by atoms with van der Waals surface area (Å²) >= 11 is 0. The van der Waals surface area contributed by atoms with Crippen molar-refractivity contribution in [2.24, 2.45) is 5.41 Å². The lowest BCUT2D eigenvalue weighted by atomic mass is 9.89. The molecule has 0 saturated heterocycles. The summed E-state index contributed by atoms with van der Waals surface area (Å²) in [6.45, 7) is 4.46. The number of aliphatic carboxylic acids is 1. The van der Waals surface area contributed by atoms with Crippen LogP contribution in [0.4, 0.5) is 10.8 Å². The number of nitrogens with zero attached hydrogens (tertiary/aromatic N) is 1. The fraction of sp³-hybridized carbons (Fsp3) is 0.455. The molecule has 0 saturated carbocycles. The van der Waals surface area contributed by atoms with Gasteiger partial charge in [-0.3, -0.25) is 20.2 Å². The Hall–Kier alpha value is -2.38. The minimum absolute atomic E-state index is 0.0414. The molecule has 8 heteroatoms. The molecule has 0 aliphatic rings. The van der Waals surface area contributed by atoms with Crippen LogP contribution in [0.1, 0.15) is 26.0 Å². The van der Waals surface area contributed by atoms with E-state index < -0.39 is 23.3 Å². The first-order chi connectivity index (χ1) is 8.70. The lowest BCUT2D eigenvalue weighted by molar-refractivity contribution is -0.149. The standard InChI is InChI=1S/C11H15N3O5/c1-6-5-19-10(12-6)14-9(18)13-7(15)4-11(2,3)8(16)17/h5H,4H2,1-3H3,(H,16,17)(H2,12,13,14,15,18). The minimum Gasteiger partial charge on any atom is -0.481 e. The van der Waals surface area contributed by atoms with E-state index in [0.717, 1.165) is 0 Å². The second-order valence-electron chi connectivity index (χ2n) is 4.66. The molecule has 104 valence electrons. The van der Waals surface area contributed by atoms with E-state index in [1.54, 1.807) is 6.92 Å². The van der Waals surface area contributed by atoms with Crippen molar-refractivity contribution in [3.63, 3.8) is 0 Å². The number of carbonyl (C=O) groups is 3. The van der Waals surface area contributed by atoms with Crippen molar-refractivity contribution in [1.29, 1.82) is 0 Å². The Kier molecular flexibility index (Phi) is 4.26.